The molecule has 29 heavy (non-hydrogen) atoms. The van der Waals surface area contributed by atoms with Gasteiger partial charge >= 0.3 is 5.97 Å². The number of hydrazone groups is 1. The van der Waals surface area contributed by atoms with Crippen molar-refractivity contribution in [3.63, 3.8) is 0 Å². The number of carbonyl (C=O) groups excluding carboxylic acids is 1. The summed E-state index contributed by atoms with van der Waals surface area (Å²) in [4.78, 5) is 25.9. The molecular formula is C20H22N6O3. The van der Waals surface area contributed by atoms with Crippen LogP contribution in [0.5, 0.6) is 0 Å². The minimum absolute atomic E-state index is 0.167. The summed E-state index contributed by atoms with van der Waals surface area (Å²) in [6.07, 6.45) is 1.64. The van der Waals surface area contributed by atoms with Crippen molar-refractivity contribution in [2.24, 2.45) is 5.10 Å². The fourth-order valence-electron chi connectivity index (χ4n) is 2.88. The molecule has 2 N–H and O–H groups in total. The van der Waals surface area contributed by atoms with Crippen LogP contribution in [-0.2, 0) is 4.74 Å². The summed E-state index contributed by atoms with van der Waals surface area (Å²) >= 11 is 0. The van der Waals surface area contributed by atoms with Crippen molar-refractivity contribution in [1.82, 2.24) is 19.7 Å². The first-order valence-electron chi connectivity index (χ1n) is 9.10. The number of rotatable bonds is 6. The first-order chi connectivity index (χ1) is 13.9. The second-order valence-electron chi connectivity index (χ2n) is 6.39. The fourth-order valence-corrected chi connectivity index (χ4v) is 2.88. The fraction of sp³-hybridized carbons (Fsp3) is 0.250. The summed E-state index contributed by atoms with van der Waals surface area (Å²) in [5.41, 5.74) is 6.95. The number of aryl methyl sites for hydroxylation is 2. The summed E-state index contributed by atoms with van der Waals surface area (Å²) in [7, 11) is 0. The number of hydrogen-bond donors (Lipinski definition) is 2. The van der Waals surface area contributed by atoms with Crippen LogP contribution in [0.1, 0.15) is 39.9 Å². The SMILES string of the molecule is CCOC(=O)c1ccc(-n2c(C)cc(C=NNc3nnc(C)c(=O)[nH]3)c2C)cc1. The molecular weight excluding hydrogens is 372 g/mol. The molecule has 9 nitrogen and oxygen atoms in total. The van der Waals surface area contributed by atoms with E-state index in [2.05, 4.69) is 30.3 Å². The lowest BCUT2D eigenvalue weighted by Crippen LogP contribution is -2.15. The molecule has 0 unspecified atom stereocenters. The minimum atomic E-state index is -0.337. The van der Waals surface area contributed by atoms with Crippen molar-refractivity contribution < 1.29 is 9.53 Å². The zero-order valence-corrected chi connectivity index (χ0v) is 16.7. The van der Waals surface area contributed by atoms with Gasteiger partial charge in [0.15, 0.2) is 0 Å². The number of carbonyl (C=O) groups is 1. The highest BCUT2D eigenvalue weighted by Crippen LogP contribution is 2.20. The van der Waals surface area contributed by atoms with E-state index in [1.165, 1.54) is 0 Å². The molecule has 0 aliphatic heterocycles. The lowest BCUT2D eigenvalue weighted by molar-refractivity contribution is 0.0526. The van der Waals surface area contributed by atoms with Crippen molar-refractivity contribution in [3.05, 3.63) is 68.9 Å². The van der Waals surface area contributed by atoms with Gasteiger partial charge in [-0.1, -0.05) is 0 Å². The van der Waals surface area contributed by atoms with Gasteiger partial charge in [-0.15, -0.1) is 10.2 Å². The summed E-state index contributed by atoms with van der Waals surface area (Å²) in [6, 6.07) is 9.22. The Kier molecular flexibility index (Phi) is 5.87. The third-order valence-electron chi connectivity index (χ3n) is 4.34. The summed E-state index contributed by atoms with van der Waals surface area (Å²) in [5.74, 6) is -0.170. The lowest BCUT2D eigenvalue weighted by Gasteiger charge is -2.10. The van der Waals surface area contributed by atoms with E-state index in [0.29, 0.717) is 12.2 Å². The number of benzene rings is 1. The molecule has 1 aromatic carbocycles. The maximum Gasteiger partial charge on any atom is 0.338 e. The molecule has 0 radical (unpaired) electrons. The highest BCUT2D eigenvalue weighted by Gasteiger charge is 2.11. The lowest BCUT2D eigenvalue weighted by atomic mass is 10.2. The highest BCUT2D eigenvalue weighted by atomic mass is 16.5. The molecule has 9 heteroatoms. The van der Waals surface area contributed by atoms with E-state index in [9.17, 15) is 9.59 Å². The van der Waals surface area contributed by atoms with Crippen LogP contribution in [0.4, 0.5) is 5.95 Å². The third kappa shape index (κ3) is 4.40. The minimum Gasteiger partial charge on any atom is -0.462 e. The van der Waals surface area contributed by atoms with E-state index in [1.54, 1.807) is 32.2 Å². The average Bonchev–Trinajstić information content (AvgIpc) is 2.98. The van der Waals surface area contributed by atoms with Gasteiger partial charge in [0.1, 0.15) is 5.69 Å². The van der Waals surface area contributed by atoms with Gasteiger partial charge in [0, 0.05) is 22.6 Å². The highest BCUT2D eigenvalue weighted by molar-refractivity contribution is 5.89. The molecule has 0 aliphatic carbocycles. The van der Waals surface area contributed by atoms with Gasteiger partial charge in [0.05, 0.1) is 18.4 Å². The zero-order chi connectivity index (χ0) is 21.0. The molecule has 2 aromatic heterocycles. The number of aromatic nitrogens is 4. The van der Waals surface area contributed by atoms with Crippen LogP contribution in [0.15, 0.2) is 40.2 Å². The van der Waals surface area contributed by atoms with Crippen molar-refractivity contribution in [3.8, 4) is 5.69 Å². The number of aromatic amines is 1. The molecule has 3 rings (SSSR count). The van der Waals surface area contributed by atoms with Gasteiger partial charge < -0.3 is 9.30 Å². The summed E-state index contributed by atoms with van der Waals surface area (Å²) < 4.78 is 7.08. The van der Waals surface area contributed by atoms with Crippen LogP contribution in [0.2, 0.25) is 0 Å². The normalized spacial score (nSPS) is 11.0. The third-order valence-corrected chi connectivity index (χ3v) is 4.34. The number of nitrogens with one attached hydrogen (secondary N) is 2. The quantitative estimate of drug-likeness (QED) is 0.377. The van der Waals surface area contributed by atoms with E-state index < -0.39 is 0 Å². The molecule has 0 bridgehead atoms. The van der Waals surface area contributed by atoms with Crippen LogP contribution in [0, 0.1) is 20.8 Å². The first kappa shape index (κ1) is 20.0. The molecule has 150 valence electrons. The Hall–Kier alpha value is -3.75. The number of H-pyrrole nitrogens is 1. The van der Waals surface area contributed by atoms with Crippen molar-refractivity contribution >= 4 is 18.1 Å². The Morgan fingerprint density at radius 3 is 2.62 bits per heavy atom. The van der Waals surface area contributed by atoms with Crippen LogP contribution in [0.3, 0.4) is 0 Å². The Morgan fingerprint density at radius 2 is 1.97 bits per heavy atom. The Bertz CT molecular complexity index is 1110. The maximum atomic E-state index is 11.8. The molecule has 2 heterocycles. The smallest absolute Gasteiger partial charge is 0.338 e. The van der Waals surface area contributed by atoms with Crippen molar-refractivity contribution in [2.45, 2.75) is 27.7 Å². The monoisotopic (exact) mass is 394 g/mol. The van der Waals surface area contributed by atoms with E-state index >= 15 is 0 Å². The van der Waals surface area contributed by atoms with Gasteiger partial charge in [-0.3, -0.25) is 9.78 Å². The Balaban J connectivity index is 1.80. The van der Waals surface area contributed by atoms with Gasteiger partial charge in [-0.25, -0.2) is 10.2 Å². The Labute approximate surface area is 167 Å². The molecule has 0 amide bonds. The standard InChI is InChI=1S/C20H22N6O3/c1-5-29-19(28)15-6-8-17(9-7-15)26-12(2)10-16(14(26)4)11-21-24-20-22-18(27)13(3)23-25-20/h6-11H,5H2,1-4H3,(H2,22,24,25,27). The Morgan fingerprint density at radius 1 is 1.24 bits per heavy atom. The van der Waals surface area contributed by atoms with Crippen molar-refractivity contribution in [2.75, 3.05) is 12.0 Å². The maximum absolute atomic E-state index is 11.8. The van der Waals surface area contributed by atoms with Crippen LogP contribution in [0.25, 0.3) is 5.69 Å². The zero-order valence-electron chi connectivity index (χ0n) is 16.7. The molecule has 0 saturated heterocycles. The molecule has 0 saturated carbocycles. The van der Waals surface area contributed by atoms with Gasteiger partial charge in [-0.2, -0.15) is 5.10 Å². The topological polar surface area (TPSA) is 114 Å². The largest absolute Gasteiger partial charge is 0.462 e. The van der Waals surface area contributed by atoms with Crippen molar-refractivity contribution in [1.29, 1.82) is 0 Å². The second-order valence-corrected chi connectivity index (χ2v) is 6.39. The van der Waals surface area contributed by atoms with E-state index in [1.807, 2.05) is 32.0 Å². The molecule has 0 atom stereocenters. The van der Waals surface area contributed by atoms with Crippen LogP contribution < -0.4 is 11.0 Å². The number of anilines is 1. The first-order valence-corrected chi connectivity index (χ1v) is 9.10. The molecule has 0 aliphatic rings. The van der Waals surface area contributed by atoms with Gasteiger partial charge in [0.25, 0.3) is 5.56 Å². The van der Waals surface area contributed by atoms with E-state index in [0.717, 1.165) is 22.6 Å². The predicted octanol–water partition coefficient (Wildman–Crippen LogP) is 2.50. The van der Waals surface area contributed by atoms with E-state index in [4.69, 9.17) is 4.74 Å². The van der Waals surface area contributed by atoms with Gasteiger partial charge in [0.2, 0.25) is 5.95 Å². The molecule has 0 fully saturated rings. The van der Waals surface area contributed by atoms with Crippen LogP contribution in [-0.4, -0.2) is 38.5 Å². The number of hydrogen-bond acceptors (Lipinski definition) is 7. The summed E-state index contributed by atoms with van der Waals surface area (Å²) in [6.45, 7) is 7.66. The molecule has 3 aromatic rings. The van der Waals surface area contributed by atoms with Crippen LogP contribution >= 0.6 is 0 Å². The number of nitrogens with zero attached hydrogens (tertiary/aromatic N) is 4. The average molecular weight is 394 g/mol. The summed E-state index contributed by atoms with van der Waals surface area (Å²) in [5, 5.41) is 11.7. The predicted molar refractivity (Wildman–Crippen MR) is 110 cm³/mol. The number of esters is 1. The van der Waals surface area contributed by atoms with Gasteiger partial charge in [-0.05, 0) is 58.0 Å². The second kappa shape index (κ2) is 8.51. The number of ether oxygens (including phenoxy) is 1. The molecule has 0 spiro atoms. The van der Waals surface area contributed by atoms with E-state index in [-0.39, 0.29) is 23.2 Å².